The lowest BCUT2D eigenvalue weighted by atomic mass is 10.0. The number of alkyl halides is 1. The van der Waals surface area contributed by atoms with Crippen LogP contribution in [0.3, 0.4) is 0 Å². The van der Waals surface area contributed by atoms with Crippen molar-refractivity contribution in [3.63, 3.8) is 0 Å². The van der Waals surface area contributed by atoms with Crippen molar-refractivity contribution in [2.75, 3.05) is 6.67 Å². The summed E-state index contributed by atoms with van der Waals surface area (Å²) in [5.74, 6) is 0.973. The lowest BCUT2D eigenvalue weighted by molar-refractivity contribution is 0.0951. The molecule has 0 bridgehead atoms. The minimum absolute atomic E-state index is 0.0593. The molecule has 0 aliphatic heterocycles. The molecule has 0 spiro atoms. The van der Waals surface area contributed by atoms with Gasteiger partial charge in [0.15, 0.2) is 5.82 Å². The first-order valence-electron chi connectivity index (χ1n) is 9.58. The maximum atomic E-state index is 12.5. The van der Waals surface area contributed by atoms with Gasteiger partial charge in [0.05, 0.1) is 17.9 Å². The number of nitrogens with zero attached hydrogens (tertiary/aromatic N) is 3. The van der Waals surface area contributed by atoms with Crippen LogP contribution >= 0.6 is 0 Å². The Morgan fingerprint density at radius 1 is 1.10 bits per heavy atom. The molecule has 4 aromatic rings. The monoisotopic (exact) mass is 390 g/mol. The summed E-state index contributed by atoms with van der Waals surface area (Å²) in [5, 5.41) is 18.3. The highest BCUT2D eigenvalue weighted by Gasteiger charge is 2.24. The Kier molecular flexibility index (Phi) is 4.31. The number of aromatic amines is 2. The molecule has 1 fully saturated rings. The van der Waals surface area contributed by atoms with Gasteiger partial charge >= 0.3 is 0 Å². The number of aromatic nitrogens is 5. The van der Waals surface area contributed by atoms with Crippen LogP contribution in [0, 0.1) is 0 Å². The summed E-state index contributed by atoms with van der Waals surface area (Å²) in [7, 11) is 0. The van der Waals surface area contributed by atoms with Crippen molar-refractivity contribution in [3.8, 4) is 22.6 Å². The highest BCUT2D eigenvalue weighted by atomic mass is 19.1. The van der Waals surface area contributed by atoms with Crippen LogP contribution in [0.5, 0.6) is 0 Å². The fourth-order valence-corrected chi connectivity index (χ4v) is 3.30. The molecule has 29 heavy (non-hydrogen) atoms. The van der Waals surface area contributed by atoms with E-state index in [-0.39, 0.29) is 12.3 Å². The van der Waals surface area contributed by atoms with Crippen LogP contribution in [-0.2, 0) is 6.42 Å². The average molecular weight is 390 g/mol. The van der Waals surface area contributed by atoms with E-state index in [1.54, 1.807) is 0 Å². The fourth-order valence-electron chi connectivity index (χ4n) is 3.30. The second-order valence-corrected chi connectivity index (χ2v) is 7.21. The summed E-state index contributed by atoms with van der Waals surface area (Å²) in [6.45, 7) is -0.482. The maximum absolute atomic E-state index is 12.5. The van der Waals surface area contributed by atoms with E-state index in [0.29, 0.717) is 23.3 Å². The molecule has 2 aromatic heterocycles. The predicted molar refractivity (Wildman–Crippen MR) is 107 cm³/mol. The van der Waals surface area contributed by atoms with Crippen molar-refractivity contribution < 1.29 is 9.18 Å². The topological polar surface area (TPSA) is 99.4 Å². The summed E-state index contributed by atoms with van der Waals surface area (Å²) in [6.07, 6.45) is 2.31. The van der Waals surface area contributed by atoms with Crippen LogP contribution in [0.2, 0.25) is 0 Å². The number of benzene rings is 2. The van der Waals surface area contributed by atoms with Gasteiger partial charge in [0.1, 0.15) is 5.82 Å². The van der Waals surface area contributed by atoms with E-state index in [2.05, 4.69) is 30.7 Å². The second-order valence-electron chi connectivity index (χ2n) is 7.21. The van der Waals surface area contributed by atoms with Crippen molar-refractivity contribution in [1.82, 2.24) is 30.7 Å². The van der Waals surface area contributed by atoms with Crippen LogP contribution in [0.4, 0.5) is 4.39 Å². The number of carbonyl (C=O) groups is 1. The van der Waals surface area contributed by atoms with Crippen LogP contribution < -0.4 is 5.32 Å². The van der Waals surface area contributed by atoms with Gasteiger partial charge in [-0.25, -0.2) is 4.98 Å². The Labute approximate surface area is 165 Å². The molecule has 0 unspecified atom stereocenters. The number of halogens is 1. The first kappa shape index (κ1) is 17.5. The zero-order valence-corrected chi connectivity index (χ0v) is 15.6. The van der Waals surface area contributed by atoms with Crippen LogP contribution in [-0.4, -0.2) is 44.0 Å². The average Bonchev–Trinajstić information content (AvgIpc) is 3.26. The lowest BCUT2D eigenvalue weighted by Gasteiger charge is -2.05. The van der Waals surface area contributed by atoms with Crippen molar-refractivity contribution in [3.05, 3.63) is 53.9 Å². The Hall–Kier alpha value is -3.55. The third-order valence-electron chi connectivity index (χ3n) is 4.99. The van der Waals surface area contributed by atoms with Crippen LogP contribution in [0.1, 0.15) is 29.0 Å². The predicted octanol–water partition coefficient (Wildman–Crippen LogP) is 3.42. The zero-order chi connectivity index (χ0) is 19.8. The molecule has 8 heteroatoms. The summed E-state index contributed by atoms with van der Waals surface area (Å²) in [4.78, 5) is 16.7. The van der Waals surface area contributed by atoms with E-state index in [1.807, 2.05) is 42.5 Å². The molecule has 0 radical (unpaired) electrons. The minimum Gasteiger partial charge on any atom is -0.349 e. The largest absolute Gasteiger partial charge is 0.349 e. The maximum Gasteiger partial charge on any atom is 0.251 e. The molecule has 2 aromatic carbocycles. The third-order valence-corrected chi connectivity index (χ3v) is 4.99. The smallest absolute Gasteiger partial charge is 0.251 e. The molecular weight excluding hydrogens is 371 g/mol. The molecule has 7 nitrogen and oxygen atoms in total. The van der Waals surface area contributed by atoms with E-state index in [4.69, 9.17) is 0 Å². The first-order valence-corrected chi connectivity index (χ1v) is 9.58. The van der Waals surface area contributed by atoms with Gasteiger partial charge in [0, 0.05) is 34.5 Å². The highest BCUT2D eigenvalue weighted by Crippen LogP contribution is 2.30. The van der Waals surface area contributed by atoms with E-state index >= 15 is 0 Å². The van der Waals surface area contributed by atoms with Crippen molar-refractivity contribution >= 4 is 16.8 Å². The number of H-pyrrole nitrogens is 2. The summed E-state index contributed by atoms with van der Waals surface area (Å²) < 4.78 is 12.5. The molecule has 1 aliphatic carbocycles. The summed E-state index contributed by atoms with van der Waals surface area (Å²) in [5.41, 5.74) is 3.90. The Morgan fingerprint density at radius 3 is 2.83 bits per heavy atom. The first-order chi connectivity index (χ1) is 14.2. The van der Waals surface area contributed by atoms with E-state index in [1.165, 1.54) is 0 Å². The molecule has 0 atom stereocenters. The van der Waals surface area contributed by atoms with Gasteiger partial charge < -0.3 is 5.32 Å². The Morgan fingerprint density at radius 2 is 2.00 bits per heavy atom. The van der Waals surface area contributed by atoms with E-state index in [9.17, 15) is 9.18 Å². The Balaban J connectivity index is 1.51. The second kappa shape index (κ2) is 7.12. The van der Waals surface area contributed by atoms with E-state index in [0.717, 1.165) is 40.6 Å². The zero-order valence-electron chi connectivity index (χ0n) is 15.6. The van der Waals surface area contributed by atoms with E-state index < -0.39 is 6.67 Å². The number of hydrogen-bond donors (Lipinski definition) is 3. The minimum atomic E-state index is -0.482. The van der Waals surface area contributed by atoms with Crippen molar-refractivity contribution in [2.24, 2.45) is 0 Å². The molecule has 1 amide bonds. The van der Waals surface area contributed by atoms with Gasteiger partial charge in [-0.2, -0.15) is 10.2 Å². The van der Waals surface area contributed by atoms with Crippen LogP contribution in [0.15, 0.2) is 42.5 Å². The summed E-state index contributed by atoms with van der Waals surface area (Å²) >= 11 is 0. The number of amides is 1. The molecule has 1 saturated carbocycles. The van der Waals surface area contributed by atoms with Gasteiger partial charge in [0.25, 0.3) is 5.91 Å². The van der Waals surface area contributed by atoms with Gasteiger partial charge in [0.2, 0.25) is 0 Å². The highest BCUT2D eigenvalue weighted by molar-refractivity contribution is 5.99. The Bertz CT molecular complexity index is 1190. The number of fused-ring (bicyclic) bond motifs is 1. The number of rotatable bonds is 6. The fraction of sp³-hybridized carbons (Fsp3) is 0.238. The normalized spacial score (nSPS) is 13.7. The molecule has 1 aliphatic rings. The standard InChI is InChI=1S/C21H19FN6O/c22-9-8-18-24-20(28-26-18)13-4-7-17-16(11-13)19(27-25-17)12-2-1-3-14(10-12)21(29)23-15-5-6-15/h1-4,7,10-11,15H,5-6,8-9H2,(H,23,29)(H,25,27)(H,24,26,28). The van der Waals surface area contributed by atoms with Gasteiger partial charge in [-0.3, -0.25) is 19.4 Å². The quantitative estimate of drug-likeness (QED) is 0.470. The number of nitrogens with one attached hydrogen (secondary N) is 3. The molecule has 3 N–H and O–H groups in total. The molecule has 146 valence electrons. The van der Waals surface area contributed by atoms with Gasteiger partial charge in [-0.1, -0.05) is 12.1 Å². The van der Waals surface area contributed by atoms with Crippen LogP contribution in [0.25, 0.3) is 33.5 Å². The lowest BCUT2D eigenvalue weighted by Crippen LogP contribution is -2.25. The molecular formula is C21H19FN6O. The van der Waals surface area contributed by atoms with Gasteiger partial charge in [-0.15, -0.1) is 0 Å². The molecule has 2 heterocycles. The third kappa shape index (κ3) is 3.49. The number of hydrogen-bond acceptors (Lipinski definition) is 4. The van der Waals surface area contributed by atoms with Crippen molar-refractivity contribution in [2.45, 2.75) is 25.3 Å². The van der Waals surface area contributed by atoms with Gasteiger partial charge in [-0.05, 0) is 43.2 Å². The number of aryl methyl sites for hydroxylation is 1. The molecule has 0 saturated heterocycles. The molecule has 5 rings (SSSR count). The SMILES string of the molecule is O=C(NC1CC1)c1cccc(-c2n[nH]c3ccc(-c4n[nH]c(CCF)n4)cc23)c1. The van der Waals surface area contributed by atoms with Crippen molar-refractivity contribution in [1.29, 1.82) is 0 Å². The number of carbonyl (C=O) groups excluding carboxylic acids is 1. The summed E-state index contributed by atoms with van der Waals surface area (Å²) in [6, 6.07) is 13.5.